The molecular weight excluding hydrogens is 266 g/mol. The molecule has 0 spiro atoms. The largest absolute Gasteiger partial charge is 0.300 e. The Morgan fingerprint density at radius 2 is 2.33 bits per heavy atom. The third-order valence-corrected chi connectivity index (χ3v) is 5.83. The van der Waals surface area contributed by atoms with E-state index in [4.69, 9.17) is 0 Å². The molecule has 1 aromatic heterocycles. The molecule has 1 amide bonds. The molecule has 2 saturated carbocycles. The fourth-order valence-electron chi connectivity index (χ4n) is 3.21. The lowest BCUT2D eigenvalue weighted by Gasteiger charge is -2.19. The van der Waals surface area contributed by atoms with Gasteiger partial charge in [0.15, 0.2) is 4.34 Å². The van der Waals surface area contributed by atoms with Crippen molar-refractivity contribution in [2.45, 2.75) is 36.9 Å². The Bertz CT molecular complexity index is 448. The lowest BCUT2D eigenvalue weighted by molar-refractivity contribution is -0.121. The Labute approximate surface area is 115 Å². The van der Waals surface area contributed by atoms with Crippen LogP contribution in [0.1, 0.15) is 32.6 Å². The third-order valence-electron chi connectivity index (χ3n) is 3.98. The maximum absolute atomic E-state index is 12.2. The zero-order chi connectivity index (χ0) is 12.5. The molecule has 2 aliphatic rings. The molecule has 4 nitrogen and oxygen atoms in total. The number of thioether (sulfide) groups is 1. The van der Waals surface area contributed by atoms with Crippen molar-refractivity contribution in [1.29, 1.82) is 0 Å². The minimum atomic E-state index is 0.159. The Balaban J connectivity index is 1.60. The van der Waals surface area contributed by atoms with E-state index in [9.17, 15) is 4.79 Å². The maximum atomic E-state index is 12.2. The van der Waals surface area contributed by atoms with E-state index in [1.807, 2.05) is 0 Å². The topological polar surface area (TPSA) is 54.9 Å². The van der Waals surface area contributed by atoms with E-state index in [-0.39, 0.29) is 11.8 Å². The lowest BCUT2D eigenvalue weighted by Crippen LogP contribution is -2.27. The highest BCUT2D eigenvalue weighted by molar-refractivity contribution is 8.01. The number of fused-ring (bicyclic) bond motifs is 2. The summed E-state index contributed by atoms with van der Waals surface area (Å²) in [7, 11) is 0. The number of anilines is 1. The summed E-state index contributed by atoms with van der Waals surface area (Å²) in [6.07, 6.45) is 4.89. The number of hydrogen-bond acceptors (Lipinski definition) is 5. The summed E-state index contributed by atoms with van der Waals surface area (Å²) in [5.41, 5.74) is 0. The van der Waals surface area contributed by atoms with Gasteiger partial charge in [0, 0.05) is 5.92 Å². The van der Waals surface area contributed by atoms with Crippen molar-refractivity contribution in [2.24, 2.45) is 17.8 Å². The zero-order valence-corrected chi connectivity index (χ0v) is 12.0. The van der Waals surface area contributed by atoms with Crippen molar-refractivity contribution in [2.75, 3.05) is 11.1 Å². The minimum Gasteiger partial charge on any atom is -0.300 e. The molecule has 3 atom stereocenters. The van der Waals surface area contributed by atoms with Crippen LogP contribution >= 0.6 is 23.1 Å². The molecule has 0 aliphatic heterocycles. The predicted octanol–water partition coefficient (Wildman–Crippen LogP) is 3.02. The Hall–Kier alpha value is -0.620. The molecule has 0 aromatic carbocycles. The van der Waals surface area contributed by atoms with Gasteiger partial charge in [-0.2, -0.15) is 0 Å². The maximum Gasteiger partial charge on any atom is 0.229 e. The van der Waals surface area contributed by atoms with E-state index in [2.05, 4.69) is 22.4 Å². The number of carbonyl (C=O) groups excluding carboxylic acids is 1. The highest BCUT2D eigenvalue weighted by atomic mass is 32.2. The lowest BCUT2D eigenvalue weighted by atomic mass is 9.88. The number of aromatic nitrogens is 2. The standard InChI is InChI=1S/C12H17N3OS2/c1-2-17-12-15-14-11(18-12)13-10(16)9-6-7-3-4-8(9)5-7/h7-9H,2-6H2,1H3,(H,13,14,16)/t7-,8-,9+/m1/s1. The average Bonchev–Trinajstić information content (AvgIpc) is 3.05. The molecule has 98 valence electrons. The van der Waals surface area contributed by atoms with Crippen LogP contribution in [0, 0.1) is 17.8 Å². The average molecular weight is 283 g/mol. The summed E-state index contributed by atoms with van der Waals surface area (Å²) in [5.74, 6) is 2.77. The van der Waals surface area contributed by atoms with Crippen LogP contribution in [0.5, 0.6) is 0 Å². The van der Waals surface area contributed by atoms with Crippen molar-refractivity contribution in [1.82, 2.24) is 10.2 Å². The molecule has 18 heavy (non-hydrogen) atoms. The van der Waals surface area contributed by atoms with Crippen LogP contribution in [0.3, 0.4) is 0 Å². The SMILES string of the molecule is CCSc1nnc(NC(=O)[C@H]2C[C@@H]3CC[C@@H]2C3)s1. The first kappa shape index (κ1) is 12.4. The van der Waals surface area contributed by atoms with Gasteiger partial charge in [-0.05, 0) is 36.9 Å². The Morgan fingerprint density at radius 1 is 1.44 bits per heavy atom. The third kappa shape index (κ3) is 2.40. The highest BCUT2D eigenvalue weighted by Gasteiger charge is 2.43. The van der Waals surface area contributed by atoms with Crippen LogP contribution in [0.2, 0.25) is 0 Å². The van der Waals surface area contributed by atoms with Crippen molar-refractivity contribution < 1.29 is 4.79 Å². The van der Waals surface area contributed by atoms with Crippen LogP contribution in [0.25, 0.3) is 0 Å². The van der Waals surface area contributed by atoms with Crippen LogP contribution < -0.4 is 5.32 Å². The quantitative estimate of drug-likeness (QED) is 0.681. The van der Waals surface area contributed by atoms with Crippen LogP contribution in [0.15, 0.2) is 4.34 Å². The molecule has 6 heteroatoms. The fourth-order valence-corrected chi connectivity index (χ4v) is 4.86. The molecule has 1 aromatic rings. The van der Waals surface area contributed by atoms with E-state index in [1.165, 1.54) is 30.6 Å². The molecular formula is C12H17N3OS2. The number of nitrogens with one attached hydrogen (secondary N) is 1. The normalized spacial score (nSPS) is 29.7. The predicted molar refractivity (Wildman–Crippen MR) is 73.9 cm³/mol. The van der Waals surface area contributed by atoms with E-state index in [1.54, 1.807) is 11.8 Å². The van der Waals surface area contributed by atoms with Gasteiger partial charge in [-0.1, -0.05) is 36.4 Å². The Morgan fingerprint density at radius 3 is 3.00 bits per heavy atom. The summed E-state index contributed by atoms with van der Waals surface area (Å²) < 4.78 is 0.931. The molecule has 3 rings (SSSR count). The monoisotopic (exact) mass is 283 g/mol. The smallest absolute Gasteiger partial charge is 0.229 e. The molecule has 1 heterocycles. The van der Waals surface area contributed by atoms with Crippen molar-refractivity contribution in [3.05, 3.63) is 0 Å². The second-order valence-electron chi connectivity index (χ2n) is 5.08. The van der Waals surface area contributed by atoms with Gasteiger partial charge in [-0.3, -0.25) is 4.79 Å². The summed E-state index contributed by atoms with van der Waals surface area (Å²) in [6, 6.07) is 0. The van der Waals surface area contributed by atoms with Gasteiger partial charge >= 0.3 is 0 Å². The second-order valence-corrected chi connectivity index (χ2v) is 7.57. The first-order chi connectivity index (χ1) is 8.76. The molecule has 0 unspecified atom stereocenters. The van der Waals surface area contributed by atoms with Gasteiger partial charge in [0.25, 0.3) is 0 Å². The fraction of sp³-hybridized carbons (Fsp3) is 0.750. The van der Waals surface area contributed by atoms with Crippen LogP contribution in [0.4, 0.5) is 5.13 Å². The molecule has 0 radical (unpaired) electrons. The molecule has 2 aliphatic carbocycles. The number of nitrogens with zero attached hydrogens (tertiary/aromatic N) is 2. The number of carbonyl (C=O) groups is 1. The van der Waals surface area contributed by atoms with Crippen molar-refractivity contribution in [3.8, 4) is 0 Å². The van der Waals surface area contributed by atoms with Gasteiger partial charge in [0.1, 0.15) is 0 Å². The minimum absolute atomic E-state index is 0.159. The Kier molecular flexibility index (Phi) is 3.56. The van der Waals surface area contributed by atoms with Gasteiger partial charge in [0.2, 0.25) is 11.0 Å². The molecule has 1 N–H and O–H groups in total. The zero-order valence-electron chi connectivity index (χ0n) is 10.4. The number of rotatable bonds is 4. The number of hydrogen-bond donors (Lipinski definition) is 1. The van der Waals surface area contributed by atoms with Crippen molar-refractivity contribution in [3.63, 3.8) is 0 Å². The highest BCUT2D eigenvalue weighted by Crippen LogP contribution is 2.48. The van der Waals surface area contributed by atoms with E-state index in [0.29, 0.717) is 11.0 Å². The summed E-state index contributed by atoms with van der Waals surface area (Å²) >= 11 is 3.13. The van der Waals surface area contributed by atoms with Crippen LogP contribution in [-0.4, -0.2) is 21.9 Å². The molecule has 2 bridgehead atoms. The first-order valence-electron chi connectivity index (χ1n) is 6.53. The van der Waals surface area contributed by atoms with Gasteiger partial charge in [-0.25, -0.2) is 0 Å². The number of amides is 1. The summed E-state index contributed by atoms with van der Waals surface area (Å²) in [4.78, 5) is 12.2. The summed E-state index contributed by atoms with van der Waals surface area (Å²) in [5, 5.41) is 11.7. The van der Waals surface area contributed by atoms with E-state index >= 15 is 0 Å². The second kappa shape index (κ2) is 5.17. The van der Waals surface area contributed by atoms with Gasteiger partial charge in [-0.15, -0.1) is 10.2 Å². The van der Waals surface area contributed by atoms with Gasteiger partial charge < -0.3 is 5.32 Å². The summed E-state index contributed by atoms with van der Waals surface area (Å²) in [6.45, 7) is 2.08. The first-order valence-corrected chi connectivity index (χ1v) is 8.33. The van der Waals surface area contributed by atoms with Gasteiger partial charge in [0.05, 0.1) is 0 Å². The van der Waals surface area contributed by atoms with Crippen molar-refractivity contribution >= 4 is 34.1 Å². The van der Waals surface area contributed by atoms with Crippen LogP contribution in [-0.2, 0) is 4.79 Å². The van der Waals surface area contributed by atoms with E-state index in [0.717, 1.165) is 22.4 Å². The molecule has 2 fully saturated rings. The molecule has 0 saturated heterocycles. The van der Waals surface area contributed by atoms with E-state index < -0.39 is 0 Å².